The predicted molar refractivity (Wildman–Crippen MR) is 136 cm³/mol. The highest BCUT2D eigenvalue weighted by Crippen LogP contribution is 2.30. The van der Waals surface area contributed by atoms with E-state index in [2.05, 4.69) is 30.8 Å². The van der Waals surface area contributed by atoms with Crippen molar-refractivity contribution in [2.24, 2.45) is 0 Å². The molecule has 4 aromatic carbocycles. The van der Waals surface area contributed by atoms with Crippen molar-refractivity contribution in [2.75, 3.05) is 0 Å². The molecule has 0 aliphatic heterocycles. The smallest absolute Gasteiger partial charge is 0.206 e. The van der Waals surface area contributed by atoms with Crippen LogP contribution < -0.4 is 0 Å². The van der Waals surface area contributed by atoms with Crippen LogP contribution in [0.4, 0.5) is 22.0 Å². The van der Waals surface area contributed by atoms with Gasteiger partial charge in [-0.15, -0.1) is 6.58 Å². The Kier molecular flexibility index (Phi) is 7.49. The standard InChI is InChI=1S/C31H23F5/c1-2-3-4-21-5-7-22(8-6-21)23-9-11-24(12-10-23)25-13-15-26(16-14-25)27-19-29(32)28(30(33)20-27)17-18-31(34,35)36/h2,5-20H,1,3-4H2. The normalized spacial score (nSPS) is 11.7. The minimum absolute atomic E-state index is 0.187. The summed E-state index contributed by atoms with van der Waals surface area (Å²) in [4.78, 5) is 0. The van der Waals surface area contributed by atoms with E-state index in [4.69, 9.17) is 0 Å². The second kappa shape index (κ2) is 10.7. The van der Waals surface area contributed by atoms with Crippen LogP contribution in [0.5, 0.6) is 0 Å². The first kappa shape index (κ1) is 25.1. The van der Waals surface area contributed by atoms with Crippen LogP contribution in [0.25, 0.3) is 39.5 Å². The van der Waals surface area contributed by atoms with Crippen LogP contribution in [-0.4, -0.2) is 6.18 Å². The quantitative estimate of drug-likeness (QED) is 0.179. The minimum Gasteiger partial charge on any atom is -0.206 e. The SMILES string of the molecule is C=CCCc1ccc(-c2ccc(-c3ccc(-c4cc(F)c(C=CC(F)(F)F)c(F)c4)cc3)cc2)cc1. The molecule has 36 heavy (non-hydrogen) atoms. The molecule has 0 N–H and O–H groups in total. The van der Waals surface area contributed by atoms with E-state index >= 15 is 0 Å². The molecule has 0 unspecified atom stereocenters. The third kappa shape index (κ3) is 6.16. The van der Waals surface area contributed by atoms with Crippen LogP contribution >= 0.6 is 0 Å². The van der Waals surface area contributed by atoms with Crippen molar-refractivity contribution >= 4 is 6.08 Å². The first-order valence-electron chi connectivity index (χ1n) is 11.4. The molecule has 0 spiro atoms. The summed E-state index contributed by atoms with van der Waals surface area (Å²) >= 11 is 0. The van der Waals surface area contributed by atoms with Crippen LogP contribution in [0.1, 0.15) is 17.5 Å². The van der Waals surface area contributed by atoms with E-state index in [0.29, 0.717) is 11.6 Å². The summed E-state index contributed by atoms with van der Waals surface area (Å²) in [6.07, 6.45) is -0.613. The Bertz CT molecular complexity index is 1340. The zero-order valence-electron chi connectivity index (χ0n) is 19.3. The molecule has 5 heteroatoms. The first-order valence-corrected chi connectivity index (χ1v) is 11.4. The molecule has 0 nitrogen and oxygen atoms in total. The lowest BCUT2D eigenvalue weighted by atomic mass is 9.97. The maximum absolute atomic E-state index is 14.3. The van der Waals surface area contributed by atoms with E-state index in [1.807, 2.05) is 42.5 Å². The number of aryl methyl sites for hydroxylation is 1. The van der Waals surface area contributed by atoms with Crippen LogP contribution in [0.3, 0.4) is 0 Å². The molecular weight excluding hydrogens is 467 g/mol. The van der Waals surface area contributed by atoms with E-state index in [1.165, 1.54) is 5.56 Å². The fourth-order valence-electron chi connectivity index (χ4n) is 3.93. The maximum Gasteiger partial charge on any atom is 0.409 e. The topological polar surface area (TPSA) is 0 Å². The molecule has 0 bridgehead atoms. The lowest BCUT2D eigenvalue weighted by molar-refractivity contribution is -0.0790. The summed E-state index contributed by atoms with van der Waals surface area (Å²) in [5, 5.41) is 0. The molecule has 0 atom stereocenters. The monoisotopic (exact) mass is 490 g/mol. The molecule has 0 heterocycles. The molecule has 0 aliphatic carbocycles. The van der Waals surface area contributed by atoms with Crippen molar-refractivity contribution < 1.29 is 22.0 Å². The van der Waals surface area contributed by atoms with Crippen molar-refractivity contribution in [3.8, 4) is 33.4 Å². The van der Waals surface area contributed by atoms with Gasteiger partial charge in [-0.3, -0.25) is 0 Å². The lowest BCUT2D eigenvalue weighted by Crippen LogP contribution is -2.01. The average Bonchev–Trinajstić information content (AvgIpc) is 2.87. The van der Waals surface area contributed by atoms with Gasteiger partial charge in [0.1, 0.15) is 11.6 Å². The van der Waals surface area contributed by atoms with Crippen LogP contribution in [-0.2, 0) is 6.42 Å². The van der Waals surface area contributed by atoms with E-state index in [-0.39, 0.29) is 11.6 Å². The van der Waals surface area contributed by atoms with Gasteiger partial charge >= 0.3 is 6.18 Å². The van der Waals surface area contributed by atoms with Gasteiger partial charge in [-0.25, -0.2) is 8.78 Å². The number of benzene rings is 4. The van der Waals surface area contributed by atoms with E-state index in [1.54, 1.807) is 12.1 Å². The van der Waals surface area contributed by atoms with Gasteiger partial charge in [-0.2, -0.15) is 13.2 Å². The molecule has 182 valence electrons. The number of alkyl halides is 3. The minimum atomic E-state index is -4.65. The molecule has 0 saturated carbocycles. The van der Waals surface area contributed by atoms with Crippen molar-refractivity contribution in [2.45, 2.75) is 19.0 Å². The van der Waals surface area contributed by atoms with Crippen molar-refractivity contribution in [1.29, 1.82) is 0 Å². The molecule has 0 amide bonds. The lowest BCUT2D eigenvalue weighted by Gasteiger charge is -2.09. The number of halogens is 5. The molecule has 4 rings (SSSR count). The van der Waals surface area contributed by atoms with E-state index in [0.717, 1.165) is 47.2 Å². The maximum atomic E-state index is 14.3. The second-order valence-electron chi connectivity index (χ2n) is 8.41. The first-order chi connectivity index (χ1) is 17.2. The third-order valence-electron chi connectivity index (χ3n) is 5.88. The summed E-state index contributed by atoms with van der Waals surface area (Å²) in [6.45, 7) is 3.75. The number of rotatable bonds is 7. The van der Waals surface area contributed by atoms with E-state index < -0.39 is 23.4 Å². The number of hydrogen-bond donors (Lipinski definition) is 0. The zero-order valence-corrected chi connectivity index (χ0v) is 19.3. The van der Waals surface area contributed by atoms with Crippen molar-refractivity contribution in [1.82, 2.24) is 0 Å². The fourth-order valence-corrected chi connectivity index (χ4v) is 3.93. The Morgan fingerprint density at radius 3 is 1.39 bits per heavy atom. The van der Waals surface area contributed by atoms with Crippen LogP contribution in [0.15, 0.2) is 104 Å². The van der Waals surface area contributed by atoms with Gasteiger partial charge in [0.15, 0.2) is 0 Å². The summed E-state index contributed by atoms with van der Waals surface area (Å²) in [5.74, 6) is -2.11. The molecule has 4 aromatic rings. The fraction of sp³-hybridized carbons (Fsp3) is 0.0968. The Labute approximate surface area is 207 Å². The van der Waals surface area contributed by atoms with Gasteiger partial charge in [0, 0.05) is 11.6 Å². The van der Waals surface area contributed by atoms with Gasteiger partial charge in [-0.1, -0.05) is 78.9 Å². The second-order valence-corrected chi connectivity index (χ2v) is 8.41. The zero-order chi connectivity index (χ0) is 25.7. The Morgan fingerprint density at radius 2 is 1.00 bits per heavy atom. The van der Waals surface area contributed by atoms with Gasteiger partial charge in [0.05, 0.1) is 0 Å². The summed E-state index contributed by atoms with van der Waals surface area (Å²) in [6, 6.07) is 25.8. The summed E-state index contributed by atoms with van der Waals surface area (Å²) in [7, 11) is 0. The molecule has 0 aliphatic rings. The van der Waals surface area contributed by atoms with Gasteiger partial charge in [0.25, 0.3) is 0 Å². The predicted octanol–water partition coefficient (Wildman–Crippen LogP) is 9.66. The number of hydrogen-bond acceptors (Lipinski definition) is 0. The van der Waals surface area contributed by atoms with Crippen molar-refractivity contribution in [3.63, 3.8) is 0 Å². The Hall–Kier alpha value is -3.99. The molecular formula is C31H23F5. The Morgan fingerprint density at radius 1 is 0.611 bits per heavy atom. The van der Waals surface area contributed by atoms with Crippen molar-refractivity contribution in [3.05, 3.63) is 126 Å². The molecule has 0 aromatic heterocycles. The number of allylic oxidation sites excluding steroid dienone is 2. The van der Waals surface area contributed by atoms with Gasteiger partial charge < -0.3 is 0 Å². The summed E-state index contributed by atoms with van der Waals surface area (Å²) in [5.41, 5.74) is 5.46. The summed E-state index contributed by atoms with van der Waals surface area (Å²) < 4.78 is 65.7. The van der Waals surface area contributed by atoms with Gasteiger partial charge in [-0.05, 0) is 70.0 Å². The molecule has 0 saturated heterocycles. The highest BCUT2D eigenvalue weighted by Gasteiger charge is 2.23. The highest BCUT2D eigenvalue weighted by atomic mass is 19.4. The Balaban J connectivity index is 1.51. The van der Waals surface area contributed by atoms with Crippen LogP contribution in [0, 0.1) is 11.6 Å². The van der Waals surface area contributed by atoms with Gasteiger partial charge in [0.2, 0.25) is 0 Å². The van der Waals surface area contributed by atoms with E-state index in [9.17, 15) is 22.0 Å². The average molecular weight is 491 g/mol. The highest BCUT2D eigenvalue weighted by molar-refractivity contribution is 5.74. The van der Waals surface area contributed by atoms with Crippen LogP contribution in [0.2, 0.25) is 0 Å². The largest absolute Gasteiger partial charge is 0.409 e. The molecule has 0 fully saturated rings. The molecule has 0 radical (unpaired) electrons. The third-order valence-corrected chi connectivity index (χ3v) is 5.88.